The molecule has 1 aromatic heterocycles. The molecule has 2 heterocycles. The predicted octanol–water partition coefficient (Wildman–Crippen LogP) is 5.58. The van der Waals surface area contributed by atoms with Crippen molar-refractivity contribution in [2.75, 3.05) is 28.6 Å². The summed E-state index contributed by atoms with van der Waals surface area (Å²) in [7, 11) is 0. The van der Waals surface area contributed by atoms with Crippen molar-refractivity contribution in [3.8, 4) is 5.75 Å². The molecule has 0 radical (unpaired) electrons. The predicted molar refractivity (Wildman–Crippen MR) is 133 cm³/mol. The van der Waals surface area contributed by atoms with E-state index in [1.165, 1.54) is 12.8 Å². The quantitative estimate of drug-likeness (QED) is 0.474. The number of amides is 1. The number of aromatic nitrogens is 2. The van der Waals surface area contributed by atoms with Gasteiger partial charge in [-0.05, 0) is 82.1 Å². The monoisotopic (exact) mass is 465 g/mol. The lowest BCUT2D eigenvalue weighted by Crippen LogP contribution is -2.42. The largest absolute Gasteiger partial charge is 0.478 e. The molecule has 0 unspecified atom stereocenters. The zero-order chi connectivity index (χ0) is 23.4. The summed E-state index contributed by atoms with van der Waals surface area (Å²) in [5.41, 5.74) is 0.486. The normalized spacial score (nSPS) is 13.6. The molecule has 1 aliphatic rings. The lowest BCUT2D eigenvalue weighted by atomic mass is 10.1. The summed E-state index contributed by atoms with van der Waals surface area (Å²) < 4.78 is 5.86. The number of halogens is 1. The molecule has 0 atom stereocenters. The lowest BCUT2D eigenvalue weighted by Gasteiger charge is -2.25. The van der Waals surface area contributed by atoms with Gasteiger partial charge in [0.2, 0.25) is 0 Å². The summed E-state index contributed by atoms with van der Waals surface area (Å²) in [6.07, 6.45) is 2.39. The minimum atomic E-state index is -1.06. The topological polar surface area (TPSA) is 79.4 Å². The molecule has 1 aliphatic heterocycles. The minimum absolute atomic E-state index is 0.250. The van der Waals surface area contributed by atoms with Gasteiger partial charge in [0.15, 0.2) is 5.60 Å². The number of carbonyl (C=O) groups excluding carboxylic acids is 1. The molecule has 7 nitrogen and oxygen atoms in total. The summed E-state index contributed by atoms with van der Waals surface area (Å²) in [4.78, 5) is 24.1. The van der Waals surface area contributed by atoms with Gasteiger partial charge < -0.3 is 20.3 Å². The van der Waals surface area contributed by atoms with E-state index in [4.69, 9.17) is 16.3 Å². The van der Waals surface area contributed by atoms with E-state index in [-0.39, 0.29) is 5.91 Å². The molecule has 33 heavy (non-hydrogen) atoms. The zero-order valence-electron chi connectivity index (χ0n) is 19.1. The number of aryl methyl sites for hydroxylation is 1. The van der Waals surface area contributed by atoms with Crippen molar-refractivity contribution in [3.63, 3.8) is 0 Å². The number of carbonyl (C=O) groups is 1. The maximum atomic E-state index is 12.8. The van der Waals surface area contributed by atoms with Crippen molar-refractivity contribution in [2.45, 2.75) is 39.2 Å². The van der Waals surface area contributed by atoms with E-state index >= 15 is 0 Å². The number of hydrogen-bond donors (Lipinski definition) is 2. The zero-order valence-corrected chi connectivity index (χ0v) is 19.8. The number of rotatable bonds is 7. The number of benzene rings is 2. The van der Waals surface area contributed by atoms with E-state index in [1.54, 1.807) is 38.1 Å². The molecule has 172 valence electrons. The van der Waals surface area contributed by atoms with Crippen LogP contribution >= 0.6 is 11.6 Å². The Balaban J connectivity index is 1.39. The summed E-state index contributed by atoms with van der Waals surface area (Å²) >= 11 is 5.91. The maximum Gasteiger partial charge on any atom is 0.267 e. The molecule has 1 amide bonds. The third kappa shape index (κ3) is 5.93. The Hall–Kier alpha value is -3.32. The van der Waals surface area contributed by atoms with E-state index in [1.807, 2.05) is 37.3 Å². The Morgan fingerprint density at radius 3 is 2.30 bits per heavy atom. The van der Waals surface area contributed by atoms with E-state index in [0.29, 0.717) is 16.5 Å². The van der Waals surface area contributed by atoms with Gasteiger partial charge in [0.25, 0.3) is 5.91 Å². The van der Waals surface area contributed by atoms with Crippen molar-refractivity contribution < 1.29 is 9.53 Å². The van der Waals surface area contributed by atoms with Gasteiger partial charge >= 0.3 is 0 Å². The second-order valence-corrected chi connectivity index (χ2v) is 9.01. The second-order valence-electron chi connectivity index (χ2n) is 8.58. The Bertz CT molecular complexity index is 1110. The van der Waals surface area contributed by atoms with Crippen LogP contribution in [0.2, 0.25) is 5.02 Å². The van der Waals surface area contributed by atoms with Crippen LogP contribution < -0.4 is 20.3 Å². The van der Waals surface area contributed by atoms with Crippen molar-refractivity contribution in [1.82, 2.24) is 9.97 Å². The molecule has 3 aromatic rings. The van der Waals surface area contributed by atoms with Crippen LogP contribution in [0.15, 0.2) is 54.6 Å². The molecule has 0 spiro atoms. The molecular weight excluding hydrogens is 438 g/mol. The lowest BCUT2D eigenvalue weighted by molar-refractivity contribution is -0.128. The Labute approximate surface area is 199 Å². The smallest absolute Gasteiger partial charge is 0.267 e. The van der Waals surface area contributed by atoms with Crippen molar-refractivity contribution >= 4 is 40.5 Å². The fraction of sp³-hybridized carbons (Fsp3) is 0.320. The Kier molecular flexibility index (Phi) is 6.70. The number of nitrogens with zero attached hydrogens (tertiary/aromatic N) is 3. The highest BCUT2D eigenvalue weighted by Crippen LogP contribution is 2.25. The van der Waals surface area contributed by atoms with E-state index < -0.39 is 5.60 Å². The van der Waals surface area contributed by atoms with E-state index in [0.717, 1.165) is 36.2 Å². The maximum absolute atomic E-state index is 12.8. The van der Waals surface area contributed by atoms with E-state index in [9.17, 15) is 4.79 Å². The van der Waals surface area contributed by atoms with Crippen LogP contribution in [0.1, 0.15) is 32.5 Å². The first kappa shape index (κ1) is 22.9. The summed E-state index contributed by atoms with van der Waals surface area (Å²) in [6.45, 7) is 7.41. The first-order valence-corrected chi connectivity index (χ1v) is 11.4. The third-order valence-electron chi connectivity index (χ3n) is 5.40. The Morgan fingerprint density at radius 2 is 1.64 bits per heavy atom. The molecule has 8 heteroatoms. The molecule has 1 fully saturated rings. The molecule has 2 aromatic carbocycles. The molecule has 0 bridgehead atoms. The summed E-state index contributed by atoms with van der Waals surface area (Å²) in [6, 6.07) is 16.4. The standard InChI is InChI=1S/C25H28ClN5O2/c1-17-27-22(16-23(28-17)31-14-4-5-15-31)29-19-8-10-20(11-9-19)30-24(32)25(2,3)33-21-12-6-18(26)7-13-21/h6-13,16H,4-5,14-15H2,1-3H3,(H,30,32)(H,27,28,29). The number of hydrogen-bond acceptors (Lipinski definition) is 6. The molecule has 0 aliphatic carbocycles. The molecule has 0 saturated carbocycles. The highest BCUT2D eigenvalue weighted by atomic mass is 35.5. The van der Waals surface area contributed by atoms with Crippen LogP contribution in [0.4, 0.5) is 23.0 Å². The van der Waals surface area contributed by atoms with Gasteiger partial charge in [-0.2, -0.15) is 0 Å². The number of nitrogens with one attached hydrogen (secondary N) is 2. The molecule has 4 rings (SSSR count). The van der Waals surface area contributed by atoms with Gasteiger partial charge in [0.05, 0.1) is 0 Å². The van der Waals surface area contributed by atoms with Crippen LogP contribution in [0.25, 0.3) is 0 Å². The van der Waals surface area contributed by atoms with Gasteiger partial charge in [0.1, 0.15) is 23.2 Å². The van der Waals surface area contributed by atoms with Gasteiger partial charge in [-0.15, -0.1) is 0 Å². The van der Waals surface area contributed by atoms with Crippen LogP contribution in [0.5, 0.6) is 5.75 Å². The fourth-order valence-electron chi connectivity index (χ4n) is 3.63. The van der Waals surface area contributed by atoms with Crippen molar-refractivity contribution in [3.05, 3.63) is 65.4 Å². The number of anilines is 4. The first-order chi connectivity index (χ1) is 15.8. The third-order valence-corrected chi connectivity index (χ3v) is 5.66. The van der Waals surface area contributed by atoms with E-state index in [2.05, 4.69) is 25.5 Å². The van der Waals surface area contributed by atoms with Gasteiger partial charge in [-0.1, -0.05) is 11.6 Å². The van der Waals surface area contributed by atoms with Crippen LogP contribution in [-0.4, -0.2) is 34.6 Å². The Morgan fingerprint density at radius 1 is 1.00 bits per heavy atom. The van der Waals surface area contributed by atoms with Gasteiger partial charge in [0, 0.05) is 35.6 Å². The summed E-state index contributed by atoms with van der Waals surface area (Å²) in [5.74, 6) is 2.76. The van der Waals surface area contributed by atoms with Gasteiger partial charge in [-0.3, -0.25) is 4.79 Å². The molecule has 2 N–H and O–H groups in total. The second kappa shape index (κ2) is 9.67. The van der Waals surface area contributed by atoms with Gasteiger partial charge in [-0.25, -0.2) is 9.97 Å². The first-order valence-electron chi connectivity index (χ1n) is 11.0. The molecule has 1 saturated heterocycles. The number of ether oxygens (including phenoxy) is 1. The fourth-order valence-corrected chi connectivity index (χ4v) is 3.76. The SMILES string of the molecule is Cc1nc(Nc2ccc(NC(=O)C(C)(C)Oc3ccc(Cl)cc3)cc2)cc(N2CCCC2)n1. The minimum Gasteiger partial charge on any atom is -0.478 e. The highest BCUT2D eigenvalue weighted by Gasteiger charge is 2.30. The van der Waals surface area contributed by atoms with Crippen molar-refractivity contribution in [2.24, 2.45) is 0 Å². The van der Waals surface area contributed by atoms with Crippen molar-refractivity contribution in [1.29, 1.82) is 0 Å². The average molecular weight is 466 g/mol. The van der Waals surface area contributed by atoms with Crippen LogP contribution in [-0.2, 0) is 4.79 Å². The summed E-state index contributed by atoms with van der Waals surface area (Å²) in [5, 5.41) is 6.85. The van der Waals surface area contributed by atoms with Crippen LogP contribution in [0, 0.1) is 6.92 Å². The average Bonchev–Trinajstić information content (AvgIpc) is 3.31. The van der Waals surface area contributed by atoms with Crippen LogP contribution in [0.3, 0.4) is 0 Å². The highest BCUT2D eigenvalue weighted by molar-refractivity contribution is 6.30. The molecular formula is C25H28ClN5O2.